The Morgan fingerprint density at radius 1 is 1.18 bits per heavy atom. The van der Waals surface area contributed by atoms with Crippen molar-refractivity contribution in [3.8, 4) is 28.6 Å². The maximum absolute atomic E-state index is 12.7. The molecule has 10 nitrogen and oxygen atoms in total. The highest BCUT2D eigenvalue weighted by Crippen LogP contribution is 2.29. The van der Waals surface area contributed by atoms with E-state index in [2.05, 4.69) is 20.2 Å². The van der Waals surface area contributed by atoms with E-state index in [9.17, 15) is 21.6 Å². The molecule has 4 aromatic rings. The zero-order valence-electron chi connectivity index (χ0n) is 16.8. The van der Waals surface area contributed by atoms with Crippen molar-refractivity contribution in [1.29, 1.82) is 0 Å². The summed E-state index contributed by atoms with van der Waals surface area (Å²) < 4.78 is 73.4. The largest absolute Gasteiger partial charge is 0.486 e. The average molecular weight is 480 g/mol. The highest BCUT2D eigenvalue weighted by Gasteiger charge is 2.32. The van der Waals surface area contributed by atoms with E-state index < -0.39 is 21.9 Å². The number of aromatic nitrogens is 5. The van der Waals surface area contributed by atoms with E-state index in [1.807, 2.05) is 0 Å². The van der Waals surface area contributed by atoms with Gasteiger partial charge in [0.1, 0.15) is 18.1 Å². The first kappa shape index (κ1) is 22.4. The van der Waals surface area contributed by atoms with Gasteiger partial charge in [-0.3, -0.25) is 4.68 Å². The van der Waals surface area contributed by atoms with Crippen LogP contribution in [-0.2, 0) is 29.9 Å². The number of halogens is 3. The maximum Gasteiger partial charge on any atom is 0.433 e. The van der Waals surface area contributed by atoms with Gasteiger partial charge in [0.15, 0.2) is 0 Å². The summed E-state index contributed by atoms with van der Waals surface area (Å²) in [4.78, 5) is 7.53. The lowest BCUT2D eigenvalue weighted by Crippen LogP contribution is -2.11. The molecule has 0 atom stereocenters. The second-order valence-corrected chi connectivity index (χ2v) is 8.35. The number of rotatable bonds is 6. The van der Waals surface area contributed by atoms with Crippen LogP contribution in [0.4, 0.5) is 13.2 Å². The van der Waals surface area contributed by atoms with Gasteiger partial charge in [0.25, 0.3) is 5.89 Å². The molecule has 0 radical (unpaired) electrons. The van der Waals surface area contributed by atoms with Crippen LogP contribution in [-0.4, -0.2) is 33.3 Å². The highest BCUT2D eigenvalue weighted by molar-refractivity contribution is 7.89. The van der Waals surface area contributed by atoms with Gasteiger partial charge < -0.3 is 9.26 Å². The molecule has 0 aliphatic rings. The van der Waals surface area contributed by atoms with Crippen molar-refractivity contribution in [2.24, 2.45) is 12.2 Å². The molecule has 2 N–H and O–H groups in total. The Morgan fingerprint density at radius 3 is 2.64 bits per heavy atom. The Hall–Kier alpha value is -3.78. The predicted molar refractivity (Wildman–Crippen MR) is 107 cm³/mol. The van der Waals surface area contributed by atoms with Crippen molar-refractivity contribution in [3.63, 3.8) is 0 Å². The van der Waals surface area contributed by atoms with Crippen LogP contribution < -0.4 is 9.88 Å². The number of sulfonamides is 1. The molecule has 14 heteroatoms. The minimum absolute atomic E-state index is 0.0719. The lowest BCUT2D eigenvalue weighted by atomic mass is 10.2. The number of hydrogen-bond donors (Lipinski definition) is 1. The monoisotopic (exact) mass is 480 g/mol. The average Bonchev–Trinajstić information content (AvgIpc) is 3.38. The molecule has 0 saturated carbocycles. The Labute approximate surface area is 184 Å². The van der Waals surface area contributed by atoms with Crippen LogP contribution in [0.5, 0.6) is 5.75 Å². The molecular weight excluding hydrogens is 465 g/mol. The summed E-state index contributed by atoms with van der Waals surface area (Å²) in [5.74, 6) is 0.336. The number of benzene rings is 1. The third-order valence-corrected chi connectivity index (χ3v) is 5.45. The van der Waals surface area contributed by atoms with E-state index in [4.69, 9.17) is 14.4 Å². The first-order valence-electron chi connectivity index (χ1n) is 9.16. The third kappa shape index (κ3) is 4.85. The molecule has 3 heterocycles. The number of pyridine rings is 1. The van der Waals surface area contributed by atoms with Gasteiger partial charge in [0.2, 0.25) is 15.8 Å². The molecule has 0 aliphatic heterocycles. The molecule has 1 aromatic carbocycles. The molecule has 4 rings (SSSR count). The topological polar surface area (TPSA) is 139 Å². The summed E-state index contributed by atoms with van der Waals surface area (Å²) in [6.45, 7) is -0.0719. The van der Waals surface area contributed by atoms with Gasteiger partial charge in [-0.2, -0.15) is 23.3 Å². The van der Waals surface area contributed by atoms with E-state index in [1.54, 1.807) is 13.1 Å². The predicted octanol–water partition coefficient (Wildman–Crippen LogP) is 2.78. The molecule has 0 spiro atoms. The van der Waals surface area contributed by atoms with E-state index in [0.29, 0.717) is 16.8 Å². The fourth-order valence-corrected chi connectivity index (χ4v) is 3.42. The molecule has 0 fully saturated rings. The lowest BCUT2D eigenvalue weighted by molar-refractivity contribution is -0.141. The summed E-state index contributed by atoms with van der Waals surface area (Å²) in [6.07, 6.45) is -2.11. The fourth-order valence-electron chi connectivity index (χ4n) is 2.86. The second kappa shape index (κ2) is 8.29. The molecule has 0 aliphatic carbocycles. The van der Waals surface area contributed by atoms with Crippen LogP contribution in [0.15, 0.2) is 58.2 Å². The first-order chi connectivity index (χ1) is 15.5. The molecule has 0 saturated heterocycles. The van der Waals surface area contributed by atoms with Crippen molar-refractivity contribution < 1.29 is 30.8 Å². The fraction of sp³-hybridized carbons (Fsp3) is 0.158. The van der Waals surface area contributed by atoms with Crippen molar-refractivity contribution in [2.75, 3.05) is 0 Å². The summed E-state index contributed by atoms with van der Waals surface area (Å²) in [5, 5.41) is 13.2. The van der Waals surface area contributed by atoms with Crippen LogP contribution in [0.3, 0.4) is 0 Å². The lowest BCUT2D eigenvalue weighted by Gasteiger charge is -2.09. The molecule has 0 bridgehead atoms. The number of ether oxygens (including phenoxy) is 1. The van der Waals surface area contributed by atoms with Crippen LogP contribution in [0.2, 0.25) is 0 Å². The Balaban J connectivity index is 1.56. The van der Waals surface area contributed by atoms with Gasteiger partial charge in [-0.05, 0) is 24.3 Å². The van der Waals surface area contributed by atoms with Gasteiger partial charge in [0, 0.05) is 12.6 Å². The quantitative estimate of drug-likeness (QED) is 0.444. The van der Waals surface area contributed by atoms with E-state index >= 15 is 0 Å². The van der Waals surface area contributed by atoms with Gasteiger partial charge in [-0.1, -0.05) is 17.3 Å². The number of primary sulfonamides is 1. The van der Waals surface area contributed by atoms with Crippen LogP contribution in [0.25, 0.3) is 22.8 Å². The van der Waals surface area contributed by atoms with Crippen LogP contribution in [0.1, 0.15) is 11.4 Å². The standard InChI is InChI=1S/C19H15F3N6O4S/c1-28-15(10-31-12-5-6-16(24-8-12)19(20,21)22)14(9-25-28)18-26-17(27-32-18)11-3-2-4-13(7-11)33(23,29)30/h2-9H,10H2,1H3,(H2,23,29,30). The Kier molecular flexibility index (Phi) is 5.63. The van der Waals surface area contributed by atoms with Crippen LogP contribution in [0, 0.1) is 0 Å². The Bertz CT molecular complexity index is 1400. The number of alkyl halides is 3. The van der Waals surface area contributed by atoms with E-state index in [1.165, 1.54) is 29.1 Å². The summed E-state index contributed by atoms with van der Waals surface area (Å²) in [6, 6.07) is 7.72. The first-order valence-corrected chi connectivity index (χ1v) is 10.7. The number of nitrogens with zero attached hydrogens (tertiary/aromatic N) is 5. The van der Waals surface area contributed by atoms with Gasteiger partial charge in [-0.15, -0.1) is 0 Å². The number of hydrogen-bond acceptors (Lipinski definition) is 8. The van der Waals surface area contributed by atoms with Crippen molar-refractivity contribution >= 4 is 10.0 Å². The molecular formula is C19H15F3N6O4S. The highest BCUT2D eigenvalue weighted by atomic mass is 32.2. The SMILES string of the molecule is Cn1ncc(-c2nc(-c3cccc(S(N)(=O)=O)c3)no2)c1COc1ccc(C(F)(F)F)nc1. The molecule has 172 valence electrons. The zero-order chi connectivity index (χ0) is 23.8. The maximum atomic E-state index is 12.7. The molecule has 33 heavy (non-hydrogen) atoms. The minimum Gasteiger partial charge on any atom is -0.486 e. The number of nitrogens with two attached hydrogens (primary N) is 1. The summed E-state index contributed by atoms with van der Waals surface area (Å²) in [7, 11) is -2.27. The van der Waals surface area contributed by atoms with Crippen molar-refractivity contribution in [2.45, 2.75) is 17.7 Å². The smallest absolute Gasteiger partial charge is 0.433 e. The molecule has 0 unspecified atom stereocenters. The minimum atomic E-state index is -4.54. The van der Waals surface area contributed by atoms with E-state index in [0.717, 1.165) is 18.3 Å². The zero-order valence-corrected chi connectivity index (χ0v) is 17.6. The normalized spacial score (nSPS) is 12.2. The summed E-state index contributed by atoms with van der Waals surface area (Å²) >= 11 is 0. The van der Waals surface area contributed by atoms with Crippen LogP contribution >= 0.6 is 0 Å². The van der Waals surface area contributed by atoms with Gasteiger partial charge >= 0.3 is 6.18 Å². The van der Waals surface area contributed by atoms with E-state index in [-0.39, 0.29) is 29.0 Å². The summed E-state index contributed by atoms with van der Waals surface area (Å²) in [5.41, 5.74) is 0.275. The van der Waals surface area contributed by atoms with Gasteiger partial charge in [-0.25, -0.2) is 18.5 Å². The molecule has 0 amide bonds. The van der Waals surface area contributed by atoms with Crippen molar-refractivity contribution in [1.82, 2.24) is 24.9 Å². The van der Waals surface area contributed by atoms with Gasteiger partial charge in [0.05, 0.1) is 28.5 Å². The Morgan fingerprint density at radius 2 is 1.97 bits per heavy atom. The molecule has 3 aromatic heterocycles. The number of aryl methyl sites for hydroxylation is 1. The van der Waals surface area contributed by atoms with Crippen molar-refractivity contribution in [3.05, 3.63) is 60.2 Å². The third-order valence-electron chi connectivity index (χ3n) is 4.54. The second-order valence-electron chi connectivity index (χ2n) is 6.79.